The number of hydrogen-bond acceptors (Lipinski definition) is 5. The molecule has 1 aromatic heterocycles. The maximum absolute atomic E-state index is 11.8. The Bertz CT molecular complexity index is 488. The highest BCUT2D eigenvalue weighted by Crippen LogP contribution is 2.18. The van der Waals surface area contributed by atoms with E-state index in [1.54, 1.807) is 0 Å². The molecule has 0 bridgehead atoms. The van der Waals surface area contributed by atoms with Crippen LogP contribution in [0.3, 0.4) is 0 Å². The van der Waals surface area contributed by atoms with Crippen LogP contribution in [0.2, 0.25) is 0 Å². The molecule has 2 heterocycles. The summed E-state index contributed by atoms with van der Waals surface area (Å²) < 4.78 is 0. The molecule has 6 heteroatoms. The van der Waals surface area contributed by atoms with Gasteiger partial charge in [0, 0.05) is 45.4 Å². The predicted molar refractivity (Wildman–Crippen MR) is 80.0 cm³/mol. The molecule has 1 aliphatic heterocycles. The fraction of sp³-hybridized carbons (Fsp3) is 0.643. The number of rotatable bonds is 5. The third-order valence-electron chi connectivity index (χ3n) is 3.41. The van der Waals surface area contributed by atoms with Crippen molar-refractivity contribution in [3.8, 4) is 0 Å². The molecular weight excluding hydrogens is 254 g/mol. The summed E-state index contributed by atoms with van der Waals surface area (Å²) >= 11 is 0. The molecule has 0 spiro atoms. The van der Waals surface area contributed by atoms with Crippen LogP contribution in [-0.4, -0.2) is 54.0 Å². The van der Waals surface area contributed by atoms with Gasteiger partial charge in [0.05, 0.1) is 6.04 Å². The highest BCUT2D eigenvalue weighted by molar-refractivity contribution is 5.79. The Balaban J connectivity index is 2.04. The van der Waals surface area contributed by atoms with Crippen LogP contribution in [0.1, 0.15) is 25.3 Å². The van der Waals surface area contributed by atoms with Gasteiger partial charge in [0.15, 0.2) is 0 Å². The third kappa shape index (κ3) is 3.18. The Morgan fingerprint density at radius 2 is 2.25 bits per heavy atom. The Morgan fingerprint density at radius 3 is 2.90 bits per heavy atom. The molecule has 0 aromatic carbocycles. The highest BCUT2D eigenvalue weighted by atomic mass is 16.2. The molecule has 0 saturated carbocycles. The zero-order chi connectivity index (χ0) is 14.7. The van der Waals surface area contributed by atoms with E-state index in [0.29, 0.717) is 12.4 Å². The van der Waals surface area contributed by atoms with E-state index >= 15 is 0 Å². The minimum Gasteiger partial charge on any atom is -0.362 e. The molecule has 1 atom stereocenters. The number of carbonyl (C=O) groups excluding carboxylic acids is 1. The van der Waals surface area contributed by atoms with Gasteiger partial charge in [0.25, 0.3) is 0 Å². The molecular formula is C14H23N5O. The number of likely N-dealkylation sites (tertiary alicyclic amines) is 1. The van der Waals surface area contributed by atoms with Crippen molar-refractivity contribution in [2.24, 2.45) is 0 Å². The van der Waals surface area contributed by atoms with Crippen LogP contribution in [0.4, 0.5) is 11.8 Å². The average Bonchev–Trinajstić information content (AvgIpc) is 2.72. The van der Waals surface area contributed by atoms with E-state index in [4.69, 9.17) is 0 Å². The Kier molecular flexibility index (Phi) is 4.42. The van der Waals surface area contributed by atoms with E-state index in [-0.39, 0.29) is 11.9 Å². The minimum absolute atomic E-state index is 0.103. The van der Waals surface area contributed by atoms with Crippen LogP contribution in [-0.2, 0) is 4.79 Å². The topological polar surface area (TPSA) is 61.4 Å². The van der Waals surface area contributed by atoms with Crippen molar-refractivity contribution in [2.45, 2.75) is 32.7 Å². The van der Waals surface area contributed by atoms with E-state index in [0.717, 1.165) is 30.9 Å². The summed E-state index contributed by atoms with van der Waals surface area (Å²) in [5.74, 6) is 1.71. The van der Waals surface area contributed by atoms with Gasteiger partial charge in [-0.05, 0) is 13.3 Å². The van der Waals surface area contributed by atoms with Crippen LogP contribution >= 0.6 is 0 Å². The average molecular weight is 277 g/mol. The summed E-state index contributed by atoms with van der Waals surface area (Å²) in [5.41, 5.74) is 1.04. The summed E-state index contributed by atoms with van der Waals surface area (Å²) in [7, 11) is 3.92. The second-order valence-electron chi connectivity index (χ2n) is 5.48. The quantitative estimate of drug-likeness (QED) is 0.878. The predicted octanol–water partition coefficient (Wildman–Crippen LogP) is 1.27. The monoisotopic (exact) mass is 277 g/mol. The lowest BCUT2D eigenvalue weighted by Gasteiger charge is -2.18. The fourth-order valence-corrected chi connectivity index (χ4v) is 2.49. The summed E-state index contributed by atoms with van der Waals surface area (Å²) in [6.45, 7) is 5.64. The van der Waals surface area contributed by atoms with E-state index in [2.05, 4.69) is 22.2 Å². The summed E-state index contributed by atoms with van der Waals surface area (Å²) in [6.07, 6.45) is 3.32. The van der Waals surface area contributed by atoms with Gasteiger partial charge >= 0.3 is 0 Å². The molecule has 2 rings (SSSR count). The lowest BCUT2D eigenvalue weighted by molar-refractivity contribution is -0.127. The second-order valence-corrected chi connectivity index (χ2v) is 5.48. The molecule has 0 unspecified atom stereocenters. The first-order valence-corrected chi connectivity index (χ1v) is 7.06. The molecule has 1 fully saturated rings. The number of amides is 1. The molecule has 1 saturated heterocycles. The number of nitrogens with zero attached hydrogens (tertiary/aromatic N) is 4. The van der Waals surface area contributed by atoms with Crippen LogP contribution in [0.15, 0.2) is 6.20 Å². The zero-order valence-corrected chi connectivity index (χ0v) is 12.7. The smallest absolute Gasteiger partial charge is 0.224 e. The largest absolute Gasteiger partial charge is 0.362 e. The maximum atomic E-state index is 11.8. The van der Waals surface area contributed by atoms with Gasteiger partial charge in [0.1, 0.15) is 5.82 Å². The lowest BCUT2D eigenvalue weighted by atomic mass is 10.2. The van der Waals surface area contributed by atoms with Gasteiger partial charge in [-0.3, -0.25) is 4.79 Å². The Morgan fingerprint density at radius 1 is 1.50 bits per heavy atom. The van der Waals surface area contributed by atoms with Crippen molar-refractivity contribution in [3.63, 3.8) is 0 Å². The highest BCUT2D eigenvalue weighted by Gasteiger charge is 2.29. The van der Waals surface area contributed by atoms with E-state index in [1.807, 2.05) is 37.0 Å². The second kappa shape index (κ2) is 6.07. The molecule has 0 aliphatic carbocycles. The van der Waals surface area contributed by atoms with Crippen molar-refractivity contribution >= 4 is 17.7 Å². The van der Waals surface area contributed by atoms with Crippen LogP contribution in [0, 0.1) is 6.92 Å². The third-order valence-corrected chi connectivity index (χ3v) is 3.41. The SMILES string of the molecule is CCCN1C[C@@H](Nc2ncc(C)c(N(C)C)n2)CC1=O. The molecule has 1 aromatic rings. The van der Waals surface area contributed by atoms with Crippen molar-refractivity contribution in [3.05, 3.63) is 11.8 Å². The first kappa shape index (κ1) is 14.6. The van der Waals surface area contributed by atoms with Gasteiger partial charge in [-0.15, -0.1) is 0 Å². The zero-order valence-electron chi connectivity index (χ0n) is 12.7. The first-order chi connectivity index (χ1) is 9.51. The molecule has 6 nitrogen and oxygen atoms in total. The summed E-state index contributed by atoms with van der Waals surface area (Å²) in [6, 6.07) is 0.103. The number of aryl methyl sites for hydroxylation is 1. The van der Waals surface area contributed by atoms with E-state index in [1.165, 1.54) is 0 Å². The van der Waals surface area contributed by atoms with Crippen molar-refractivity contribution in [2.75, 3.05) is 37.4 Å². The van der Waals surface area contributed by atoms with Crippen LogP contribution < -0.4 is 10.2 Å². The van der Waals surface area contributed by atoms with Crippen molar-refractivity contribution in [1.82, 2.24) is 14.9 Å². The molecule has 110 valence electrons. The molecule has 1 amide bonds. The van der Waals surface area contributed by atoms with Gasteiger partial charge in [-0.2, -0.15) is 4.98 Å². The van der Waals surface area contributed by atoms with Crippen molar-refractivity contribution < 1.29 is 4.79 Å². The molecule has 1 N–H and O–H groups in total. The van der Waals surface area contributed by atoms with Crippen molar-refractivity contribution in [1.29, 1.82) is 0 Å². The maximum Gasteiger partial charge on any atom is 0.224 e. The summed E-state index contributed by atoms with van der Waals surface area (Å²) in [4.78, 5) is 24.5. The van der Waals surface area contributed by atoms with Gasteiger partial charge in [-0.25, -0.2) is 4.98 Å². The Labute approximate surface area is 120 Å². The number of hydrogen-bond donors (Lipinski definition) is 1. The van der Waals surface area contributed by atoms with Gasteiger partial charge in [-0.1, -0.05) is 6.92 Å². The number of carbonyl (C=O) groups is 1. The number of anilines is 2. The number of nitrogens with one attached hydrogen (secondary N) is 1. The van der Waals surface area contributed by atoms with Crippen LogP contribution in [0.25, 0.3) is 0 Å². The van der Waals surface area contributed by atoms with E-state index < -0.39 is 0 Å². The first-order valence-electron chi connectivity index (χ1n) is 7.06. The minimum atomic E-state index is 0.103. The molecule has 0 radical (unpaired) electrons. The molecule has 1 aliphatic rings. The number of aromatic nitrogens is 2. The van der Waals surface area contributed by atoms with E-state index in [9.17, 15) is 4.79 Å². The summed E-state index contributed by atoms with van der Waals surface area (Å²) in [5, 5.41) is 3.27. The normalized spacial score (nSPS) is 18.5. The van der Waals surface area contributed by atoms with Gasteiger partial charge in [0.2, 0.25) is 11.9 Å². The standard InChI is InChI=1S/C14H23N5O/c1-5-6-19-9-11(7-12(19)20)16-14-15-8-10(2)13(17-14)18(3)4/h8,11H,5-7,9H2,1-4H3,(H,15,16,17)/t11-/m0/s1. The Hall–Kier alpha value is -1.85. The lowest BCUT2D eigenvalue weighted by Crippen LogP contribution is -2.29. The van der Waals surface area contributed by atoms with Crippen LogP contribution in [0.5, 0.6) is 0 Å². The fourth-order valence-electron chi connectivity index (χ4n) is 2.49. The van der Waals surface area contributed by atoms with Gasteiger partial charge < -0.3 is 15.1 Å². The molecule has 20 heavy (non-hydrogen) atoms.